The van der Waals surface area contributed by atoms with E-state index in [1.54, 1.807) is 12.1 Å². The minimum absolute atomic E-state index is 0.0771. The van der Waals surface area contributed by atoms with E-state index in [1.807, 2.05) is 12.1 Å². The number of amides is 1. The summed E-state index contributed by atoms with van der Waals surface area (Å²) >= 11 is 0. The minimum atomic E-state index is -0.0771. The Bertz CT molecular complexity index is 361. The molecule has 1 aromatic carbocycles. The number of benzene rings is 1. The van der Waals surface area contributed by atoms with Crippen LogP contribution in [0.1, 0.15) is 29.8 Å². The van der Waals surface area contributed by atoms with Crippen LogP contribution in [0.5, 0.6) is 0 Å². The van der Waals surface area contributed by atoms with Gasteiger partial charge in [-0.25, -0.2) is 0 Å². The summed E-state index contributed by atoms with van der Waals surface area (Å²) in [6.07, 6.45) is 0. The van der Waals surface area contributed by atoms with Crippen molar-refractivity contribution in [2.24, 2.45) is 11.7 Å². The largest absolute Gasteiger partial charge is 0.379 e. The molecule has 0 radical (unpaired) electrons. The fourth-order valence-corrected chi connectivity index (χ4v) is 1.45. The van der Waals surface area contributed by atoms with E-state index in [0.29, 0.717) is 31.2 Å². The zero-order valence-corrected chi connectivity index (χ0v) is 11.1. The molecule has 3 N–H and O–H groups in total. The topological polar surface area (TPSA) is 64.3 Å². The van der Waals surface area contributed by atoms with Crippen LogP contribution in [0.3, 0.4) is 0 Å². The summed E-state index contributed by atoms with van der Waals surface area (Å²) in [6.45, 7) is 6.48. The maximum absolute atomic E-state index is 11.7. The lowest BCUT2D eigenvalue weighted by Crippen LogP contribution is -2.27. The molecule has 0 atom stereocenters. The number of carbonyl (C=O) groups is 1. The molecule has 0 unspecified atom stereocenters. The van der Waals surface area contributed by atoms with Gasteiger partial charge in [-0.15, -0.1) is 0 Å². The Morgan fingerprint density at radius 3 is 2.56 bits per heavy atom. The Morgan fingerprint density at radius 2 is 2.00 bits per heavy atom. The van der Waals surface area contributed by atoms with E-state index >= 15 is 0 Å². The summed E-state index contributed by atoms with van der Waals surface area (Å²) in [5.74, 6) is 0.441. The molecule has 4 heteroatoms. The average Bonchev–Trinajstić information content (AvgIpc) is 2.38. The standard InChI is InChI=1S/C14H22N2O2/c1-11(2)10-18-8-7-16-14(17)13-5-3-12(9-15)4-6-13/h3-6,11H,7-10,15H2,1-2H3,(H,16,17). The van der Waals surface area contributed by atoms with Gasteiger partial charge < -0.3 is 15.8 Å². The first-order valence-electron chi connectivity index (χ1n) is 6.28. The molecule has 1 rings (SSSR count). The Morgan fingerprint density at radius 1 is 1.33 bits per heavy atom. The summed E-state index contributed by atoms with van der Waals surface area (Å²) in [4.78, 5) is 11.7. The van der Waals surface area contributed by atoms with Crippen LogP contribution in [0.25, 0.3) is 0 Å². The second-order valence-electron chi connectivity index (χ2n) is 4.63. The molecular formula is C14H22N2O2. The lowest BCUT2D eigenvalue weighted by molar-refractivity contribution is 0.0886. The van der Waals surface area contributed by atoms with E-state index in [9.17, 15) is 4.79 Å². The number of rotatable bonds is 7. The van der Waals surface area contributed by atoms with Crippen LogP contribution in [0.2, 0.25) is 0 Å². The zero-order chi connectivity index (χ0) is 13.4. The Balaban J connectivity index is 2.27. The van der Waals surface area contributed by atoms with Crippen molar-refractivity contribution in [1.29, 1.82) is 0 Å². The molecule has 0 fully saturated rings. The molecule has 0 aliphatic heterocycles. The summed E-state index contributed by atoms with van der Waals surface area (Å²) in [5, 5.41) is 2.81. The van der Waals surface area contributed by atoms with Crippen LogP contribution in [-0.4, -0.2) is 25.7 Å². The predicted octanol–water partition coefficient (Wildman–Crippen LogP) is 1.55. The normalized spacial score (nSPS) is 10.7. The first-order chi connectivity index (χ1) is 8.63. The third kappa shape index (κ3) is 5.29. The maximum atomic E-state index is 11.7. The van der Waals surface area contributed by atoms with Crippen LogP contribution in [0, 0.1) is 5.92 Å². The summed E-state index contributed by atoms with van der Waals surface area (Å²) in [7, 11) is 0. The molecule has 0 aromatic heterocycles. The van der Waals surface area contributed by atoms with Crippen LogP contribution < -0.4 is 11.1 Å². The summed E-state index contributed by atoms with van der Waals surface area (Å²) in [5.41, 5.74) is 7.17. The highest BCUT2D eigenvalue weighted by Crippen LogP contribution is 2.03. The van der Waals surface area contributed by atoms with Gasteiger partial charge in [0, 0.05) is 25.3 Å². The average molecular weight is 250 g/mol. The van der Waals surface area contributed by atoms with Crippen molar-refractivity contribution in [3.8, 4) is 0 Å². The quantitative estimate of drug-likeness (QED) is 0.722. The fourth-order valence-electron chi connectivity index (χ4n) is 1.45. The van der Waals surface area contributed by atoms with Crippen molar-refractivity contribution in [2.75, 3.05) is 19.8 Å². The molecule has 0 aliphatic carbocycles. The van der Waals surface area contributed by atoms with Gasteiger partial charge in [0.1, 0.15) is 0 Å². The van der Waals surface area contributed by atoms with Crippen molar-refractivity contribution in [3.05, 3.63) is 35.4 Å². The molecule has 1 aromatic rings. The van der Waals surface area contributed by atoms with Crippen molar-refractivity contribution in [2.45, 2.75) is 20.4 Å². The molecule has 0 bridgehead atoms. The smallest absolute Gasteiger partial charge is 0.251 e. The first-order valence-corrected chi connectivity index (χ1v) is 6.28. The molecule has 4 nitrogen and oxygen atoms in total. The van der Waals surface area contributed by atoms with Gasteiger partial charge in [-0.05, 0) is 23.6 Å². The van der Waals surface area contributed by atoms with E-state index in [1.165, 1.54) is 0 Å². The van der Waals surface area contributed by atoms with Crippen LogP contribution in [-0.2, 0) is 11.3 Å². The fraction of sp³-hybridized carbons (Fsp3) is 0.500. The minimum Gasteiger partial charge on any atom is -0.379 e. The Labute approximate surface area is 109 Å². The lowest BCUT2D eigenvalue weighted by Gasteiger charge is -2.08. The van der Waals surface area contributed by atoms with Gasteiger partial charge in [0.2, 0.25) is 0 Å². The number of nitrogens with two attached hydrogens (primary N) is 1. The first kappa shape index (κ1) is 14.7. The third-order valence-corrected chi connectivity index (χ3v) is 2.43. The summed E-state index contributed by atoms with van der Waals surface area (Å²) < 4.78 is 5.39. The molecular weight excluding hydrogens is 228 g/mol. The number of nitrogens with one attached hydrogen (secondary N) is 1. The Kier molecular flexibility index (Phi) is 6.39. The van der Waals surface area contributed by atoms with E-state index in [4.69, 9.17) is 10.5 Å². The second-order valence-corrected chi connectivity index (χ2v) is 4.63. The van der Waals surface area contributed by atoms with Gasteiger partial charge in [-0.1, -0.05) is 26.0 Å². The molecule has 0 saturated carbocycles. The maximum Gasteiger partial charge on any atom is 0.251 e. The molecule has 0 saturated heterocycles. The highest BCUT2D eigenvalue weighted by molar-refractivity contribution is 5.94. The van der Waals surface area contributed by atoms with Crippen molar-refractivity contribution < 1.29 is 9.53 Å². The van der Waals surface area contributed by atoms with E-state index in [0.717, 1.165) is 12.2 Å². The van der Waals surface area contributed by atoms with Crippen LogP contribution in [0.15, 0.2) is 24.3 Å². The summed E-state index contributed by atoms with van der Waals surface area (Å²) in [6, 6.07) is 7.30. The van der Waals surface area contributed by atoms with Crippen molar-refractivity contribution >= 4 is 5.91 Å². The van der Waals surface area contributed by atoms with Gasteiger partial charge in [0.15, 0.2) is 0 Å². The molecule has 0 aliphatic rings. The van der Waals surface area contributed by atoms with Gasteiger partial charge in [-0.3, -0.25) is 4.79 Å². The molecule has 18 heavy (non-hydrogen) atoms. The molecule has 1 amide bonds. The Hall–Kier alpha value is -1.39. The SMILES string of the molecule is CC(C)COCCNC(=O)c1ccc(CN)cc1. The van der Waals surface area contributed by atoms with E-state index in [2.05, 4.69) is 19.2 Å². The zero-order valence-electron chi connectivity index (χ0n) is 11.1. The monoisotopic (exact) mass is 250 g/mol. The molecule has 100 valence electrons. The van der Waals surface area contributed by atoms with Gasteiger partial charge in [0.05, 0.1) is 6.61 Å². The second kappa shape index (κ2) is 7.84. The van der Waals surface area contributed by atoms with Gasteiger partial charge in [-0.2, -0.15) is 0 Å². The number of hydrogen-bond acceptors (Lipinski definition) is 3. The number of carbonyl (C=O) groups excluding carboxylic acids is 1. The molecule has 0 spiro atoms. The number of ether oxygens (including phenoxy) is 1. The lowest BCUT2D eigenvalue weighted by atomic mass is 10.1. The van der Waals surface area contributed by atoms with E-state index in [-0.39, 0.29) is 5.91 Å². The number of hydrogen-bond donors (Lipinski definition) is 2. The van der Waals surface area contributed by atoms with Gasteiger partial charge in [0.25, 0.3) is 5.91 Å². The van der Waals surface area contributed by atoms with Crippen LogP contribution >= 0.6 is 0 Å². The van der Waals surface area contributed by atoms with Gasteiger partial charge >= 0.3 is 0 Å². The van der Waals surface area contributed by atoms with Crippen LogP contribution in [0.4, 0.5) is 0 Å². The van der Waals surface area contributed by atoms with Crippen molar-refractivity contribution in [1.82, 2.24) is 5.32 Å². The molecule has 0 heterocycles. The van der Waals surface area contributed by atoms with E-state index < -0.39 is 0 Å². The van der Waals surface area contributed by atoms with Crippen molar-refractivity contribution in [3.63, 3.8) is 0 Å². The third-order valence-electron chi connectivity index (χ3n) is 2.43. The highest BCUT2D eigenvalue weighted by Gasteiger charge is 2.04. The highest BCUT2D eigenvalue weighted by atomic mass is 16.5. The predicted molar refractivity (Wildman–Crippen MR) is 72.3 cm³/mol.